The van der Waals surface area contributed by atoms with Gasteiger partial charge in [-0.3, -0.25) is 0 Å². The third-order valence-corrected chi connectivity index (χ3v) is 4.17. The third-order valence-electron chi connectivity index (χ3n) is 4.17. The van der Waals surface area contributed by atoms with Crippen LogP contribution < -0.4 is 0 Å². The first-order valence-electron chi connectivity index (χ1n) is 6.98. The minimum absolute atomic E-state index is 0.268. The van der Waals surface area contributed by atoms with Crippen molar-refractivity contribution in [3.8, 4) is 0 Å². The molecular formula is C16H24O. The van der Waals surface area contributed by atoms with Crippen LogP contribution in [0.5, 0.6) is 0 Å². The molecule has 0 radical (unpaired) electrons. The zero-order valence-electron chi connectivity index (χ0n) is 10.8. The Labute approximate surface area is 105 Å². The zero-order chi connectivity index (χ0) is 12.1. The van der Waals surface area contributed by atoms with Crippen molar-refractivity contribution < 1.29 is 5.11 Å². The Kier molecular flexibility index (Phi) is 4.61. The van der Waals surface area contributed by atoms with Gasteiger partial charge in [-0.25, -0.2) is 0 Å². The molecule has 0 aromatic heterocycles. The molecule has 0 aliphatic heterocycles. The van der Waals surface area contributed by atoms with Crippen molar-refractivity contribution in [3.05, 3.63) is 35.9 Å². The Morgan fingerprint density at radius 1 is 1.12 bits per heavy atom. The Morgan fingerprint density at radius 3 is 2.41 bits per heavy atom. The van der Waals surface area contributed by atoms with Gasteiger partial charge in [-0.2, -0.15) is 0 Å². The second-order valence-corrected chi connectivity index (χ2v) is 5.63. The van der Waals surface area contributed by atoms with Gasteiger partial charge < -0.3 is 5.11 Å². The molecule has 1 saturated carbocycles. The number of aliphatic hydroxyl groups is 1. The highest BCUT2D eigenvalue weighted by Gasteiger charge is 2.19. The number of rotatable bonds is 4. The summed E-state index contributed by atoms with van der Waals surface area (Å²) in [5.41, 5.74) is 1.07. The molecule has 1 unspecified atom stereocenters. The Morgan fingerprint density at radius 2 is 1.76 bits per heavy atom. The maximum atomic E-state index is 10.1. The number of hydrogen-bond donors (Lipinski definition) is 1. The number of aliphatic hydroxyl groups excluding tert-OH is 1. The van der Waals surface area contributed by atoms with E-state index in [-0.39, 0.29) is 6.10 Å². The van der Waals surface area contributed by atoms with E-state index in [4.69, 9.17) is 0 Å². The zero-order valence-corrected chi connectivity index (χ0v) is 10.8. The van der Waals surface area contributed by atoms with Crippen molar-refractivity contribution in [1.82, 2.24) is 0 Å². The van der Waals surface area contributed by atoms with Crippen LogP contribution >= 0.6 is 0 Å². The highest BCUT2D eigenvalue weighted by molar-refractivity contribution is 5.17. The summed E-state index contributed by atoms with van der Waals surface area (Å²) in [5, 5.41) is 10.1. The van der Waals surface area contributed by atoms with Crippen molar-refractivity contribution in [2.45, 2.75) is 51.6 Å². The van der Waals surface area contributed by atoms with Gasteiger partial charge in [-0.15, -0.1) is 0 Å². The molecule has 2 rings (SSSR count). The molecule has 0 bridgehead atoms. The van der Waals surface area contributed by atoms with Crippen LogP contribution in [0.1, 0.15) is 57.1 Å². The lowest BCUT2D eigenvalue weighted by atomic mass is 9.80. The van der Waals surface area contributed by atoms with Gasteiger partial charge in [0.1, 0.15) is 0 Å². The summed E-state index contributed by atoms with van der Waals surface area (Å²) in [5.74, 6) is 1.77. The number of benzene rings is 1. The van der Waals surface area contributed by atoms with Crippen molar-refractivity contribution in [1.29, 1.82) is 0 Å². The van der Waals surface area contributed by atoms with Crippen LogP contribution in [0.25, 0.3) is 0 Å². The van der Waals surface area contributed by atoms with E-state index in [1.165, 1.54) is 32.1 Å². The van der Waals surface area contributed by atoms with E-state index in [0.717, 1.165) is 23.8 Å². The predicted octanol–water partition coefficient (Wildman–Crippen LogP) is 4.33. The van der Waals surface area contributed by atoms with Crippen LogP contribution in [0.2, 0.25) is 0 Å². The SMILES string of the molecule is CC1CCC(CCC(O)c2ccccc2)CC1. The van der Waals surface area contributed by atoms with Crippen LogP contribution in [-0.2, 0) is 0 Å². The molecular weight excluding hydrogens is 208 g/mol. The molecule has 17 heavy (non-hydrogen) atoms. The second kappa shape index (κ2) is 6.20. The first-order chi connectivity index (χ1) is 8.25. The summed E-state index contributed by atoms with van der Waals surface area (Å²) >= 11 is 0. The van der Waals surface area contributed by atoms with E-state index < -0.39 is 0 Å². The molecule has 1 aliphatic rings. The molecule has 1 aromatic carbocycles. The third kappa shape index (κ3) is 3.85. The second-order valence-electron chi connectivity index (χ2n) is 5.63. The van der Waals surface area contributed by atoms with E-state index in [0.29, 0.717) is 0 Å². The molecule has 1 nitrogen and oxygen atoms in total. The van der Waals surface area contributed by atoms with Gasteiger partial charge in [-0.05, 0) is 30.2 Å². The van der Waals surface area contributed by atoms with Crippen molar-refractivity contribution in [2.24, 2.45) is 11.8 Å². The van der Waals surface area contributed by atoms with Gasteiger partial charge in [0, 0.05) is 0 Å². The Balaban J connectivity index is 1.75. The van der Waals surface area contributed by atoms with Gasteiger partial charge in [-0.1, -0.05) is 62.9 Å². The highest BCUT2D eigenvalue weighted by atomic mass is 16.3. The molecule has 1 fully saturated rings. The molecule has 0 amide bonds. The summed E-state index contributed by atoms with van der Waals surface area (Å²) in [7, 11) is 0. The van der Waals surface area contributed by atoms with Crippen LogP contribution in [0.4, 0.5) is 0 Å². The Bertz CT molecular complexity index is 312. The fraction of sp³-hybridized carbons (Fsp3) is 0.625. The van der Waals surface area contributed by atoms with Gasteiger partial charge in [0.05, 0.1) is 6.10 Å². The fourth-order valence-electron chi connectivity index (χ4n) is 2.85. The normalized spacial score (nSPS) is 26.7. The fourth-order valence-corrected chi connectivity index (χ4v) is 2.85. The summed E-state index contributed by atoms with van der Waals surface area (Å²) < 4.78 is 0. The monoisotopic (exact) mass is 232 g/mol. The molecule has 94 valence electrons. The van der Waals surface area contributed by atoms with Gasteiger partial charge in [0.15, 0.2) is 0 Å². The lowest BCUT2D eigenvalue weighted by Crippen LogP contribution is -2.13. The predicted molar refractivity (Wildman–Crippen MR) is 71.8 cm³/mol. The lowest BCUT2D eigenvalue weighted by molar-refractivity contribution is 0.148. The molecule has 1 N–H and O–H groups in total. The molecule has 1 atom stereocenters. The Hall–Kier alpha value is -0.820. The van der Waals surface area contributed by atoms with E-state index >= 15 is 0 Å². The van der Waals surface area contributed by atoms with E-state index in [1.54, 1.807) is 0 Å². The van der Waals surface area contributed by atoms with Gasteiger partial charge in [0.2, 0.25) is 0 Å². The maximum absolute atomic E-state index is 10.1. The van der Waals surface area contributed by atoms with Crippen LogP contribution in [0.15, 0.2) is 30.3 Å². The van der Waals surface area contributed by atoms with Crippen LogP contribution in [-0.4, -0.2) is 5.11 Å². The van der Waals surface area contributed by atoms with Crippen LogP contribution in [0, 0.1) is 11.8 Å². The molecule has 0 saturated heterocycles. The summed E-state index contributed by atoms with van der Waals surface area (Å²) in [6.07, 6.45) is 7.32. The first-order valence-corrected chi connectivity index (χ1v) is 6.98. The van der Waals surface area contributed by atoms with E-state index in [2.05, 4.69) is 6.92 Å². The lowest BCUT2D eigenvalue weighted by Gasteiger charge is -2.26. The molecule has 1 aromatic rings. The number of hydrogen-bond acceptors (Lipinski definition) is 1. The first kappa shape index (κ1) is 12.6. The molecule has 1 aliphatic carbocycles. The largest absolute Gasteiger partial charge is 0.388 e. The maximum Gasteiger partial charge on any atom is 0.0790 e. The highest BCUT2D eigenvalue weighted by Crippen LogP contribution is 2.32. The molecule has 0 heterocycles. The van der Waals surface area contributed by atoms with E-state index in [9.17, 15) is 5.11 Å². The smallest absolute Gasteiger partial charge is 0.0790 e. The minimum atomic E-state index is -0.268. The van der Waals surface area contributed by atoms with Crippen LogP contribution in [0.3, 0.4) is 0 Å². The summed E-state index contributed by atoms with van der Waals surface area (Å²) in [6.45, 7) is 2.36. The van der Waals surface area contributed by atoms with Crippen molar-refractivity contribution in [3.63, 3.8) is 0 Å². The average Bonchev–Trinajstić information content (AvgIpc) is 2.39. The molecule has 1 heteroatoms. The van der Waals surface area contributed by atoms with Crippen molar-refractivity contribution >= 4 is 0 Å². The summed E-state index contributed by atoms with van der Waals surface area (Å²) in [6, 6.07) is 10.0. The topological polar surface area (TPSA) is 20.2 Å². The standard InChI is InChI=1S/C16H24O/c1-13-7-9-14(10-8-13)11-12-16(17)15-5-3-2-4-6-15/h2-6,13-14,16-17H,7-12H2,1H3. The average molecular weight is 232 g/mol. The van der Waals surface area contributed by atoms with E-state index in [1.807, 2.05) is 30.3 Å². The van der Waals surface area contributed by atoms with Gasteiger partial charge >= 0.3 is 0 Å². The minimum Gasteiger partial charge on any atom is -0.388 e. The quantitative estimate of drug-likeness (QED) is 0.819. The van der Waals surface area contributed by atoms with Crippen molar-refractivity contribution in [2.75, 3.05) is 0 Å². The summed E-state index contributed by atoms with van der Waals surface area (Å²) in [4.78, 5) is 0. The van der Waals surface area contributed by atoms with Gasteiger partial charge in [0.25, 0.3) is 0 Å². The molecule has 0 spiro atoms.